The van der Waals surface area contributed by atoms with Crippen molar-refractivity contribution in [2.75, 3.05) is 6.54 Å². The van der Waals surface area contributed by atoms with Gasteiger partial charge in [0.15, 0.2) is 5.82 Å². The van der Waals surface area contributed by atoms with Crippen molar-refractivity contribution in [3.63, 3.8) is 0 Å². The zero-order chi connectivity index (χ0) is 16.9. The van der Waals surface area contributed by atoms with Gasteiger partial charge in [-0.3, -0.25) is 9.59 Å². The molecule has 2 aromatic heterocycles. The lowest BCUT2D eigenvalue weighted by Gasteiger charge is -2.08. The first-order valence-electron chi connectivity index (χ1n) is 7.25. The van der Waals surface area contributed by atoms with E-state index in [0.717, 1.165) is 4.47 Å². The number of nitrogens with one attached hydrogen (secondary N) is 1. The predicted octanol–water partition coefficient (Wildman–Crippen LogP) is 1.62. The molecule has 2 heterocycles. The van der Waals surface area contributed by atoms with Crippen LogP contribution in [0, 0.1) is 0 Å². The molecule has 0 atom stereocenters. The Morgan fingerprint density at radius 1 is 1.17 bits per heavy atom. The molecule has 3 rings (SSSR count). The van der Waals surface area contributed by atoms with Gasteiger partial charge in [0.05, 0.1) is 6.54 Å². The molecule has 0 aliphatic heterocycles. The van der Waals surface area contributed by atoms with Gasteiger partial charge in [-0.1, -0.05) is 15.9 Å². The van der Waals surface area contributed by atoms with Crippen molar-refractivity contribution in [3.05, 3.63) is 75.2 Å². The van der Waals surface area contributed by atoms with Crippen LogP contribution in [-0.4, -0.2) is 32.0 Å². The van der Waals surface area contributed by atoms with E-state index in [9.17, 15) is 9.59 Å². The van der Waals surface area contributed by atoms with Crippen molar-refractivity contribution < 1.29 is 4.79 Å². The van der Waals surface area contributed by atoms with Gasteiger partial charge in [-0.25, -0.2) is 9.36 Å². The van der Waals surface area contributed by atoms with Crippen LogP contribution in [0.2, 0.25) is 0 Å². The van der Waals surface area contributed by atoms with Gasteiger partial charge in [-0.05, 0) is 36.4 Å². The fourth-order valence-corrected chi connectivity index (χ4v) is 2.37. The van der Waals surface area contributed by atoms with Crippen molar-refractivity contribution in [2.24, 2.45) is 0 Å². The quantitative estimate of drug-likeness (QED) is 0.720. The average molecular weight is 388 g/mol. The van der Waals surface area contributed by atoms with Crippen LogP contribution in [0.1, 0.15) is 10.4 Å². The van der Waals surface area contributed by atoms with E-state index < -0.39 is 0 Å². The lowest BCUT2D eigenvalue weighted by atomic mass is 10.2. The molecule has 1 amide bonds. The van der Waals surface area contributed by atoms with E-state index in [4.69, 9.17) is 0 Å². The second-order valence-electron chi connectivity index (χ2n) is 4.97. The maximum Gasteiger partial charge on any atom is 0.266 e. The van der Waals surface area contributed by atoms with Crippen molar-refractivity contribution in [2.45, 2.75) is 6.54 Å². The summed E-state index contributed by atoms with van der Waals surface area (Å²) in [5.74, 6) is 0.345. The highest BCUT2D eigenvalue weighted by Gasteiger charge is 2.06. The van der Waals surface area contributed by atoms with E-state index >= 15 is 0 Å². The standard InChI is InChI=1S/C16H14BrN5O2/c17-13-4-2-12(3-5-13)16(24)18-9-11-22-15(23)7-6-14(20-22)21-10-1-8-19-21/h1-8,10H,9,11H2,(H,18,24). The van der Waals surface area contributed by atoms with Crippen LogP contribution in [0.15, 0.2) is 64.1 Å². The van der Waals surface area contributed by atoms with E-state index in [1.54, 1.807) is 53.5 Å². The molecular weight excluding hydrogens is 374 g/mol. The topological polar surface area (TPSA) is 81.8 Å². The van der Waals surface area contributed by atoms with Gasteiger partial charge in [-0.15, -0.1) is 5.10 Å². The lowest BCUT2D eigenvalue weighted by molar-refractivity contribution is 0.0951. The number of aromatic nitrogens is 4. The molecule has 0 fully saturated rings. The van der Waals surface area contributed by atoms with Crippen molar-refractivity contribution in [1.82, 2.24) is 24.9 Å². The van der Waals surface area contributed by atoms with Crippen LogP contribution in [0.4, 0.5) is 0 Å². The lowest BCUT2D eigenvalue weighted by Crippen LogP contribution is -2.32. The van der Waals surface area contributed by atoms with Crippen LogP contribution in [0.25, 0.3) is 5.82 Å². The summed E-state index contributed by atoms with van der Waals surface area (Å²) in [6, 6.07) is 11.9. The molecule has 0 aliphatic carbocycles. The fraction of sp³-hybridized carbons (Fsp3) is 0.125. The molecule has 0 aliphatic rings. The second-order valence-corrected chi connectivity index (χ2v) is 5.88. The van der Waals surface area contributed by atoms with Gasteiger partial charge in [0.2, 0.25) is 0 Å². The summed E-state index contributed by atoms with van der Waals surface area (Å²) in [4.78, 5) is 23.9. The first kappa shape index (κ1) is 16.1. The van der Waals surface area contributed by atoms with Crippen LogP contribution >= 0.6 is 15.9 Å². The summed E-state index contributed by atoms with van der Waals surface area (Å²) >= 11 is 3.32. The molecule has 0 unspecified atom stereocenters. The maximum absolute atomic E-state index is 12.0. The number of amides is 1. The molecule has 0 radical (unpaired) electrons. The normalized spacial score (nSPS) is 10.5. The Morgan fingerprint density at radius 3 is 2.67 bits per heavy atom. The van der Waals surface area contributed by atoms with Crippen molar-refractivity contribution in [3.8, 4) is 5.82 Å². The third-order valence-electron chi connectivity index (χ3n) is 3.31. The second kappa shape index (κ2) is 7.22. The van der Waals surface area contributed by atoms with Gasteiger partial charge >= 0.3 is 0 Å². The fourth-order valence-electron chi connectivity index (χ4n) is 2.10. The van der Waals surface area contributed by atoms with Crippen LogP contribution in [0.3, 0.4) is 0 Å². The molecule has 8 heteroatoms. The molecule has 1 N–H and O–H groups in total. The van der Waals surface area contributed by atoms with Gasteiger partial charge in [0, 0.05) is 35.0 Å². The number of carbonyl (C=O) groups excluding carboxylic acids is 1. The van der Waals surface area contributed by atoms with Crippen LogP contribution < -0.4 is 10.9 Å². The van der Waals surface area contributed by atoms with E-state index in [0.29, 0.717) is 17.9 Å². The highest BCUT2D eigenvalue weighted by molar-refractivity contribution is 9.10. The van der Waals surface area contributed by atoms with E-state index in [-0.39, 0.29) is 18.0 Å². The third-order valence-corrected chi connectivity index (χ3v) is 3.84. The summed E-state index contributed by atoms with van der Waals surface area (Å²) in [5, 5.41) is 11.1. The maximum atomic E-state index is 12.0. The first-order chi connectivity index (χ1) is 11.6. The molecule has 0 spiro atoms. The summed E-state index contributed by atoms with van der Waals surface area (Å²) in [6.45, 7) is 0.570. The van der Waals surface area contributed by atoms with E-state index in [1.165, 1.54) is 10.7 Å². The molecule has 1 aromatic carbocycles. The molecule has 0 saturated heterocycles. The highest BCUT2D eigenvalue weighted by atomic mass is 79.9. The van der Waals surface area contributed by atoms with E-state index in [1.807, 2.05) is 0 Å². The van der Waals surface area contributed by atoms with Crippen LogP contribution in [0.5, 0.6) is 0 Å². The molecule has 24 heavy (non-hydrogen) atoms. The molecular formula is C16H14BrN5O2. The van der Waals surface area contributed by atoms with E-state index in [2.05, 4.69) is 31.4 Å². The Bertz CT molecular complexity index is 888. The largest absolute Gasteiger partial charge is 0.350 e. The summed E-state index contributed by atoms with van der Waals surface area (Å²) < 4.78 is 3.78. The van der Waals surface area contributed by atoms with Gasteiger partial charge in [-0.2, -0.15) is 5.10 Å². The number of nitrogens with zero attached hydrogens (tertiary/aromatic N) is 4. The molecule has 3 aromatic rings. The van der Waals surface area contributed by atoms with Gasteiger partial charge in [0.25, 0.3) is 11.5 Å². The minimum Gasteiger partial charge on any atom is -0.350 e. The van der Waals surface area contributed by atoms with Crippen LogP contribution in [-0.2, 0) is 6.54 Å². The zero-order valence-corrected chi connectivity index (χ0v) is 14.2. The van der Waals surface area contributed by atoms with Gasteiger partial charge < -0.3 is 5.32 Å². The monoisotopic (exact) mass is 387 g/mol. The SMILES string of the molecule is O=C(NCCn1nc(-n2cccn2)ccc1=O)c1ccc(Br)cc1. The highest BCUT2D eigenvalue weighted by Crippen LogP contribution is 2.10. The van der Waals surface area contributed by atoms with Crippen molar-refractivity contribution in [1.29, 1.82) is 0 Å². The summed E-state index contributed by atoms with van der Waals surface area (Å²) in [6.07, 6.45) is 3.38. The molecule has 122 valence electrons. The molecule has 7 nitrogen and oxygen atoms in total. The number of benzene rings is 1. The van der Waals surface area contributed by atoms with Gasteiger partial charge in [0.1, 0.15) is 0 Å². The number of hydrogen-bond donors (Lipinski definition) is 1. The number of rotatable bonds is 5. The Morgan fingerprint density at radius 2 is 1.96 bits per heavy atom. The smallest absolute Gasteiger partial charge is 0.266 e. The van der Waals surface area contributed by atoms with Crippen molar-refractivity contribution >= 4 is 21.8 Å². The molecule has 0 bridgehead atoms. The predicted molar refractivity (Wildman–Crippen MR) is 92.1 cm³/mol. The Kier molecular flexibility index (Phi) is 4.85. The minimum atomic E-state index is -0.233. The number of hydrogen-bond acceptors (Lipinski definition) is 4. The Hall–Kier alpha value is -2.74. The Balaban J connectivity index is 1.64. The third kappa shape index (κ3) is 3.77. The molecule has 0 saturated carbocycles. The number of carbonyl (C=O) groups is 1. The first-order valence-corrected chi connectivity index (χ1v) is 8.05. The summed E-state index contributed by atoms with van der Waals surface area (Å²) in [7, 11) is 0. The minimum absolute atomic E-state index is 0.196. The summed E-state index contributed by atoms with van der Waals surface area (Å²) in [5.41, 5.74) is 0.326. The number of halogens is 1. The zero-order valence-electron chi connectivity index (χ0n) is 12.6. The Labute approximate surface area is 146 Å². The average Bonchev–Trinajstić information content (AvgIpc) is 3.11.